The predicted molar refractivity (Wildman–Crippen MR) is 87.8 cm³/mol. The molecule has 0 unspecified atom stereocenters. The van der Waals surface area contributed by atoms with Crippen LogP contribution in [0.4, 0.5) is 4.39 Å². The van der Waals surface area contributed by atoms with Crippen LogP contribution in [0.1, 0.15) is 6.42 Å². The molecule has 0 heterocycles. The van der Waals surface area contributed by atoms with Crippen LogP contribution in [-0.2, 0) is 10.0 Å². The van der Waals surface area contributed by atoms with E-state index in [0.717, 1.165) is 10.1 Å². The molecule has 2 aromatic rings. The monoisotopic (exact) mass is 357 g/mol. The van der Waals surface area contributed by atoms with Gasteiger partial charge in [-0.1, -0.05) is 35.9 Å². The van der Waals surface area contributed by atoms with Gasteiger partial charge in [-0.3, -0.25) is 0 Å². The maximum atomic E-state index is 13.9. The summed E-state index contributed by atoms with van der Waals surface area (Å²) in [5.41, 5.74) is 0. The molecule has 0 aliphatic heterocycles. The van der Waals surface area contributed by atoms with Crippen LogP contribution in [0.15, 0.2) is 53.4 Å². The number of nitrogens with zero attached hydrogens (tertiary/aromatic N) is 1. The zero-order valence-electron chi connectivity index (χ0n) is 12.6. The molecule has 0 atom stereocenters. The van der Waals surface area contributed by atoms with Crippen LogP contribution in [0.5, 0.6) is 5.75 Å². The van der Waals surface area contributed by atoms with Crippen LogP contribution in [-0.4, -0.2) is 32.9 Å². The van der Waals surface area contributed by atoms with Gasteiger partial charge in [-0.15, -0.1) is 0 Å². The first kappa shape index (κ1) is 17.7. The van der Waals surface area contributed by atoms with Crippen molar-refractivity contribution in [3.8, 4) is 5.75 Å². The fourth-order valence-corrected chi connectivity index (χ4v) is 3.49. The van der Waals surface area contributed by atoms with Crippen LogP contribution in [0.2, 0.25) is 5.02 Å². The van der Waals surface area contributed by atoms with Crippen LogP contribution in [0.3, 0.4) is 0 Å². The second-order valence-electron chi connectivity index (χ2n) is 4.89. The van der Waals surface area contributed by atoms with E-state index >= 15 is 0 Å². The first-order chi connectivity index (χ1) is 10.9. The van der Waals surface area contributed by atoms with Gasteiger partial charge in [0.05, 0.1) is 11.6 Å². The maximum Gasteiger partial charge on any atom is 0.245 e. The summed E-state index contributed by atoms with van der Waals surface area (Å²) in [7, 11) is -2.52. The van der Waals surface area contributed by atoms with E-state index in [1.807, 2.05) is 30.3 Å². The molecule has 2 rings (SSSR count). The van der Waals surface area contributed by atoms with Crippen molar-refractivity contribution in [3.05, 3.63) is 59.4 Å². The molecule has 124 valence electrons. The first-order valence-electron chi connectivity index (χ1n) is 7.01. The lowest BCUT2D eigenvalue weighted by Gasteiger charge is -2.18. The second-order valence-corrected chi connectivity index (χ2v) is 7.31. The van der Waals surface area contributed by atoms with Crippen LogP contribution in [0.25, 0.3) is 0 Å². The highest BCUT2D eigenvalue weighted by Crippen LogP contribution is 2.24. The van der Waals surface area contributed by atoms with Crippen LogP contribution < -0.4 is 4.74 Å². The van der Waals surface area contributed by atoms with Gasteiger partial charge in [-0.05, 0) is 30.7 Å². The van der Waals surface area contributed by atoms with E-state index in [9.17, 15) is 12.8 Å². The Bertz CT molecular complexity index is 753. The molecule has 0 saturated carbocycles. The molecule has 2 aromatic carbocycles. The molecule has 7 heteroatoms. The van der Waals surface area contributed by atoms with Crippen molar-refractivity contribution in [1.82, 2.24) is 4.31 Å². The Morgan fingerprint density at radius 1 is 1.13 bits per heavy atom. The number of benzene rings is 2. The molecule has 0 saturated heterocycles. The van der Waals surface area contributed by atoms with Crippen molar-refractivity contribution in [3.63, 3.8) is 0 Å². The minimum absolute atomic E-state index is 0.209. The minimum atomic E-state index is -3.92. The Morgan fingerprint density at radius 3 is 2.52 bits per heavy atom. The standard InChI is InChI=1S/C16H17ClFNO3S/c1-19(11-6-12-22-13-7-3-2-4-8-13)23(20,21)15-10-5-9-14(17)16(15)18/h2-5,7-10H,6,11-12H2,1H3. The fraction of sp³-hybridized carbons (Fsp3) is 0.250. The molecule has 0 aliphatic carbocycles. The van der Waals surface area contributed by atoms with Crippen molar-refractivity contribution in [2.75, 3.05) is 20.2 Å². The SMILES string of the molecule is CN(CCCOc1ccccc1)S(=O)(=O)c1cccc(Cl)c1F. The number of para-hydroxylation sites is 1. The lowest BCUT2D eigenvalue weighted by Crippen LogP contribution is -2.29. The molecule has 0 aliphatic rings. The van der Waals surface area contributed by atoms with Crippen molar-refractivity contribution >= 4 is 21.6 Å². The molecular formula is C16H17ClFNO3S. The molecule has 0 spiro atoms. The van der Waals surface area contributed by atoms with Gasteiger partial charge in [0.1, 0.15) is 10.6 Å². The van der Waals surface area contributed by atoms with E-state index in [0.29, 0.717) is 13.0 Å². The lowest BCUT2D eigenvalue weighted by molar-refractivity contribution is 0.296. The average molecular weight is 358 g/mol. The third-order valence-corrected chi connectivity index (χ3v) is 5.40. The van der Waals surface area contributed by atoms with Gasteiger partial charge in [-0.25, -0.2) is 17.1 Å². The van der Waals surface area contributed by atoms with Crippen molar-refractivity contribution < 1.29 is 17.5 Å². The zero-order valence-corrected chi connectivity index (χ0v) is 14.1. The van der Waals surface area contributed by atoms with Crippen molar-refractivity contribution in [2.24, 2.45) is 0 Å². The second kappa shape index (κ2) is 7.77. The highest BCUT2D eigenvalue weighted by Gasteiger charge is 2.25. The summed E-state index contributed by atoms with van der Waals surface area (Å²) in [4.78, 5) is -0.420. The predicted octanol–water partition coefficient (Wildman–Crippen LogP) is 3.57. The molecule has 0 aromatic heterocycles. The molecule has 0 fully saturated rings. The van der Waals surface area contributed by atoms with Gasteiger partial charge in [0.25, 0.3) is 0 Å². The molecule has 0 bridgehead atoms. The van der Waals surface area contributed by atoms with Gasteiger partial charge in [0.15, 0.2) is 5.82 Å². The quantitative estimate of drug-likeness (QED) is 0.712. The number of sulfonamides is 1. The van der Waals surface area contributed by atoms with Crippen molar-refractivity contribution in [2.45, 2.75) is 11.3 Å². The number of halogens is 2. The molecule has 23 heavy (non-hydrogen) atoms. The van der Waals surface area contributed by atoms with Gasteiger partial charge in [-0.2, -0.15) is 0 Å². The van der Waals surface area contributed by atoms with E-state index in [1.165, 1.54) is 25.2 Å². The summed E-state index contributed by atoms with van der Waals surface area (Å²) in [5.74, 6) is -0.208. The highest BCUT2D eigenvalue weighted by atomic mass is 35.5. The first-order valence-corrected chi connectivity index (χ1v) is 8.83. The Kier molecular flexibility index (Phi) is 5.98. The molecular weight excluding hydrogens is 341 g/mol. The van der Waals surface area contributed by atoms with E-state index in [1.54, 1.807) is 0 Å². The molecule has 0 N–H and O–H groups in total. The Labute approximate surface area is 140 Å². The van der Waals surface area contributed by atoms with E-state index < -0.39 is 20.7 Å². The number of hydrogen-bond acceptors (Lipinski definition) is 3. The number of hydrogen-bond donors (Lipinski definition) is 0. The van der Waals surface area contributed by atoms with Gasteiger partial charge in [0.2, 0.25) is 10.0 Å². The van der Waals surface area contributed by atoms with E-state index in [4.69, 9.17) is 16.3 Å². The third kappa shape index (κ3) is 4.43. The highest BCUT2D eigenvalue weighted by molar-refractivity contribution is 7.89. The summed E-state index contributed by atoms with van der Waals surface area (Å²) < 4.78 is 45.2. The van der Waals surface area contributed by atoms with Crippen LogP contribution in [0, 0.1) is 5.82 Å². The largest absolute Gasteiger partial charge is 0.494 e. The minimum Gasteiger partial charge on any atom is -0.494 e. The van der Waals surface area contributed by atoms with Gasteiger partial charge >= 0.3 is 0 Å². The van der Waals surface area contributed by atoms with Crippen molar-refractivity contribution in [1.29, 1.82) is 0 Å². The van der Waals surface area contributed by atoms with Crippen LogP contribution >= 0.6 is 11.6 Å². The summed E-state index contributed by atoms with van der Waals surface area (Å²) in [5, 5.41) is -0.216. The number of ether oxygens (including phenoxy) is 1. The smallest absolute Gasteiger partial charge is 0.245 e. The summed E-state index contributed by atoms with van der Waals surface area (Å²) >= 11 is 5.64. The normalized spacial score (nSPS) is 11.7. The van der Waals surface area contributed by atoms with Gasteiger partial charge in [0, 0.05) is 13.6 Å². The number of rotatable bonds is 7. The third-order valence-electron chi connectivity index (χ3n) is 3.23. The molecule has 4 nitrogen and oxygen atoms in total. The summed E-state index contributed by atoms with van der Waals surface area (Å²) in [6, 6.07) is 13.2. The Hall–Kier alpha value is -1.63. The Morgan fingerprint density at radius 2 is 1.83 bits per heavy atom. The topological polar surface area (TPSA) is 46.6 Å². The molecule has 0 radical (unpaired) electrons. The summed E-state index contributed by atoms with van der Waals surface area (Å²) in [6.45, 7) is 0.572. The summed E-state index contributed by atoms with van der Waals surface area (Å²) in [6.07, 6.45) is 0.479. The van der Waals surface area contributed by atoms with E-state index in [-0.39, 0.29) is 11.6 Å². The molecule has 0 amide bonds. The maximum absolute atomic E-state index is 13.9. The Balaban J connectivity index is 1.94. The zero-order chi connectivity index (χ0) is 16.9. The lowest BCUT2D eigenvalue weighted by atomic mass is 10.3. The van der Waals surface area contributed by atoms with Gasteiger partial charge < -0.3 is 4.74 Å². The average Bonchev–Trinajstić information content (AvgIpc) is 2.54. The van der Waals surface area contributed by atoms with E-state index in [2.05, 4.69) is 0 Å². The fourth-order valence-electron chi connectivity index (χ4n) is 1.97.